The Bertz CT molecular complexity index is 1320. The lowest BCUT2D eigenvalue weighted by Crippen LogP contribution is -2.33. The molecule has 0 saturated heterocycles. The molecule has 0 aliphatic heterocycles. The van der Waals surface area contributed by atoms with Crippen molar-refractivity contribution in [3.05, 3.63) is 47.3 Å². The van der Waals surface area contributed by atoms with Gasteiger partial charge in [-0.25, -0.2) is 18.4 Å². The summed E-state index contributed by atoms with van der Waals surface area (Å²) in [5, 5.41) is 7.85. The molecular weight excluding hydrogens is 508 g/mol. The van der Waals surface area contributed by atoms with Crippen LogP contribution in [0.5, 0.6) is 11.5 Å². The van der Waals surface area contributed by atoms with Crippen molar-refractivity contribution in [2.24, 2.45) is 5.41 Å². The maximum Gasteiger partial charge on any atom is 0.243 e. The van der Waals surface area contributed by atoms with Crippen molar-refractivity contribution in [3.8, 4) is 17.2 Å². The van der Waals surface area contributed by atoms with Crippen molar-refractivity contribution < 1.29 is 22.6 Å². The van der Waals surface area contributed by atoms with Crippen LogP contribution in [0.25, 0.3) is 5.69 Å². The lowest BCUT2D eigenvalue weighted by atomic mass is 10.1. The van der Waals surface area contributed by atoms with Crippen molar-refractivity contribution in [1.29, 1.82) is 0 Å². The molecule has 1 aliphatic carbocycles. The van der Waals surface area contributed by atoms with Gasteiger partial charge in [0.05, 0.1) is 19.2 Å². The third-order valence-electron chi connectivity index (χ3n) is 6.44. The summed E-state index contributed by atoms with van der Waals surface area (Å²) in [4.78, 5) is 8.25. The Balaban J connectivity index is 1.78. The fraction of sp³-hybridized carbons (Fsp3) is 0.478. The van der Waals surface area contributed by atoms with Gasteiger partial charge in [-0.15, -0.1) is 10.2 Å². The molecule has 0 radical (unpaired) electrons. The maximum atomic E-state index is 13.5. The molecule has 2 aromatic heterocycles. The van der Waals surface area contributed by atoms with Crippen molar-refractivity contribution in [2.75, 3.05) is 26.1 Å². The second-order valence-electron chi connectivity index (χ2n) is 9.24. The number of aromatic nitrogens is 5. The monoisotopic (exact) mass is 536 g/mol. The third kappa shape index (κ3) is 4.84. The van der Waals surface area contributed by atoms with Gasteiger partial charge in [-0.3, -0.25) is 9.29 Å². The number of rotatable bonds is 10. The first-order valence-electron chi connectivity index (χ1n) is 11.2. The van der Waals surface area contributed by atoms with E-state index in [1.165, 1.54) is 40.6 Å². The first-order chi connectivity index (χ1) is 17.0. The summed E-state index contributed by atoms with van der Waals surface area (Å²) in [6.45, 7) is 5.75. The fourth-order valence-corrected chi connectivity index (χ4v) is 5.36. The van der Waals surface area contributed by atoms with E-state index in [0.29, 0.717) is 28.0 Å². The summed E-state index contributed by atoms with van der Waals surface area (Å²) in [6.07, 6.45) is 2.69. The average molecular weight is 537 g/mol. The van der Waals surface area contributed by atoms with E-state index in [0.717, 1.165) is 6.42 Å². The highest BCUT2D eigenvalue weighted by Crippen LogP contribution is 2.59. The smallest absolute Gasteiger partial charge is 0.243 e. The van der Waals surface area contributed by atoms with Gasteiger partial charge in [0.25, 0.3) is 0 Å². The Hall–Kier alpha value is -2.96. The Morgan fingerprint density at radius 2 is 1.69 bits per heavy atom. The zero-order chi connectivity index (χ0) is 26.3. The molecule has 3 atom stereocenters. The molecule has 11 nitrogen and oxygen atoms in total. The summed E-state index contributed by atoms with van der Waals surface area (Å²) >= 11 is 5.88. The Morgan fingerprint density at radius 3 is 2.19 bits per heavy atom. The van der Waals surface area contributed by atoms with E-state index >= 15 is 0 Å². The standard InChI is InChI=1S/C23H29ClN6O5S/c1-13(19(35-6)20-25-11-14(24)12-26-20)36(31,32)29-22-28-27-21(15-10-23(15,2)3)30(22)18-16(33-4)8-7-9-17(18)34-5/h7-9,11-13,15,19H,10H2,1-6H3,(H,28,29)/t13-,15-,19-/m0/s1. The number of ether oxygens (including phenoxy) is 3. The Labute approximate surface area is 215 Å². The molecule has 194 valence electrons. The first-order valence-corrected chi connectivity index (χ1v) is 13.1. The van der Waals surface area contributed by atoms with Crippen LogP contribution in [0.3, 0.4) is 0 Å². The van der Waals surface area contributed by atoms with E-state index in [1.54, 1.807) is 22.8 Å². The normalized spacial score (nSPS) is 18.4. The number of anilines is 1. The number of halogens is 1. The lowest BCUT2D eigenvalue weighted by Gasteiger charge is -2.23. The van der Waals surface area contributed by atoms with Crippen LogP contribution in [0.4, 0.5) is 5.95 Å². The van der Waals surface area contributed by atoms with Crippen molar-refractivity contribution >= 4 is 27.6 Å². The van der Waals surface area contributed by atoms with Crippen LogP contribution in [0, 0.1) is 5.41 Å². The van der Waals surface area contributed by atoms with Gasteiger partial charge in [0.1, 0.15) is 34.4 Å². The van der Waals surface area contributed by atoms with Crippen LogP contribution in [0.2, 0.25) is 5.02 Å². The van der Waals surface area contributed by atoms with Crippen molar-refractivity contribution in [1.82, 2.24) is 24.7 Å². The van der Waals surface area contributed by atoms with Crippen LogP contribution in [0.1, 0.15) is 50.9 Å². The van der Waals surface area contributed by atoms with Crippen LogP contribution >= 0.6 is 11.6 Å². The Kier molecular flexibility index (Phi) is 7.13. The summed E-state index contributed by atoms with van der Waals surface area (Å²) in [6, 6.07) is 5.31. The molecule has 1 fully saturated rings. The summed E-state index contributed by atoms with van der Waals surface area (Å²) < 4.78 is 48.0. The van der Waals surface area contributed by atoms with Crippen molar-refractivity contribution in [2.45, 2.75) is 44.5 Å². The van der Waals surface area contributed by atoms with Crippen LogP contribution in [-0.4, -0.2) is 59.7 Å². The quantitative estimate of drug-likeness (QED) is 0.411. The van der Waals surface area contributed by atoms with E-state index in [-0.39, 0.29) is 23.1 Å². The number of nitrogens with zero attached hydrogens (tertiary/aromatic N) is 5. The average Bonchev–Trinajstić information content (AvgIpc) is 3.30. The summed E-state index contributed by atoms with van der Waals surface area (Å²) in [7, 11) is 0.391. The van der Waals surface area contributed by atoms with Gasteiger partial charge in [0.15, 0.2) is 5.82 Å². The van der Waals surface area contributed by atoms with E-state index in [4.69, 9.17) is 25.8 Å². The number of benzene rings is 1. The minimum atomic E-state index is -4.07. The number of nitrogens with one attached hydrogen (secondary N) is 1. The van der Waals surface area contributed by atoms with E-state index < -0.39 is 21.4 Å². The number of sulfonamides is 1. The second-order valence-corrected chi connectivity index (χ2v) is 11.7. The summed E-state index contributed by atoms with van der Waals surface area (Å²) in [5.74, 6) is 1.84. The highest BCUT2D eigenvalue weighted by Gasteiger charge is 2.50. The largest absolute Gasteiger partial charge is 0.494 e. The minimum absolute atomic E-state index is 0.00343. The van der Waals surface area contributed by atoms with Crippen LogP contribution in [-0.2, 0) is 14.8 Å². The lowest BCUT2D eigenvalue weighted by molar-refractivity contribution is 0.0950. The molecule has 4 rings (SSSR count). The molecule has 1 aliphatic rings. The molecule has 1 aromatic carbocycles. The molecular formula is C23H29ClN6O5S. The zero-order valence-corrected chi connectivity index (χ0v) is 22.5. The molecule has 1 N–H and O–H groups in total. The molecule has 0 spiro atoms. The predicted octanol–water partition coefficient (Wildman–Crippen LogP) is 3.76. The maximum absolute atomic E-state index is 13.5. The van der Waals surface area contributed by atoms with Crippen LogP contribution in [0.15, 0.2) is 30.6 Å². The highest BCUT2D eigenvalue weighted by molar-refractivity contribution is 7.93. The molecule has 0 amide bonds. The van der Waals surface area contributed by atoms with Crippen LogP contribution < -0.4 is 14.2 Å². The molecule has 2 heterocycles. The first kappa shape index (κ1) is 26.1. The zero-order valence-electron chi connectivity index (χ0n) is 20.9. The molecule has 13 heteroatoms. The highest BCUT2D eigenvalue weighted by atomic mass is 35.5. The minimum Gasteiger partial charge on any atom is -0.494 e. The van der Waals surface area contributed by atoms with Crippen molar-refractivity contribution in [3.63, 3.8) is 0 Å². The van der Waals surface area contributed by atoms with Gasteiger partial charge in [-0.05, 0) is 30.9 Å². The molecule has 0 bridgehead atoms. The molecule has 36 heavy (non-hydrogen) atoms. The van der Waals surface area contributed by atoms with Gasteiger partial charge < -0.3 is 14.2 Å². The van der Waals surface area contributed by atoms with Gasteiger partial charge in [0.2, 0.25) is 16.0 Å². The molecule has 0 unspecified atom stereocenters. The molecule has 3 aromatic rings. The number of hydrogen-bond acceptors (Lipinski definition) is 9. The Morgan fingerprint density at radius 1 is 1.11 bits per heavy atom. The second kappa shape index (κ2) is 9.83. The fourth-order valence-electron chi connectivity index (χ4n) is 4.13. The number of methoxy groups -OCH3 is 3. The van der Waals surface area contributed by atoms with Gasteiger partial charge >= 0.3 is 0 Å². The summed E-state index contributed by atoms with van der Waals surface area (Å²) in [5.41, 5.74) is 0.496. The molecule has 1 saturated carbocycles. The SMILES string of the molecule is COc1cccc(OC)c1-n1c(NS(=O)(=O)[C@@H](C)[C@H](OC)c2ncc(Cl)cn2)nnc1[C@@H]1CC1(C)C. The van der Waals surface area contributed by atoms with E-state index in [9.17, 15) is 8.42 Å². The van der Waals surface area contributed by atoms with Gasteiger partial charge in [-0.1, -0.05) is 31.5 Å². The van der Waals surface area contributed by atoms with Gasteiger partial charge in [-0.2, -0.15) is 0 Å². The number of para-hydroxylation sites is 1. The third-order valence-corrected chi connectivity index (χ3v) is 8.33. The number of hydrogen-bond donors (Lipinski definition) is 1. The van der Waals surface area contributed by atoms with E-state index in [1.807, 2.05) is 0 Å². The van der Waals surface area contributed by atoms with E-state index in [2.05, 4.69) is 38.7 Å². The predicted molar refractivity (Wildman–Crippen MR) is 134 cm³/mol. The van der Waals surface area contributed by atoms with Gasteiger partial charge in [0, 0.05) is 25.4 Å². The topological polar surface area (TPSA) is 130 Å².